The first-order valence-corrected chi connectivity index (χ1v) is 7.23. The number of halogens is 1. The second-order valence-electron chi connectivity index (χ2n) is 4.18. The van der Waals surface area contributed by atoms with Gasteiger partial charge in [-0.15, -0.1) is 5.10 Å². The second kappa shape index (κ2) is 4.86. The minimum Gasteiger partial charge on any atom is -0.344 e. The maximum absolute atomic E-state index is 4.62. The molecule has 1 aromatic carbocycles. The monoisotopic (exact) mass is 338 g/mol. The molecule has 0 spiro atoms. The molecule has 0 radical (unpaired) electrons. The molecule has 0 unspecified atom stereocenters. The number of tetrazole rings is 1. The number of fused-ring (bicyclic) bond motifs is 1. The molecule has 0 saturated carbocycles. The molecule has 2 heterocycles. The Kier molecular flexibility index (Phi) is 3.19. The van der Waals surface area contributed by atoms with Gasteiger partial charge in [0.2, 0.25) is 0 Å². The van der Waals surface area contributed by atoms with Crippen LogP contribution in [-0.4, -0.2) is 32.2 Å². The van der Waals surface area contributed by atoms with Gasteiger partial charge in [-0.3, -0.25) is 0 Å². The van der Waals surface area contributed by atoms with Gasteiger partial charge < -0.3 is 4.90 Å². The van der Waals surface area contributed by atoms with Crippen LogP contribution in [0.1, 0.15) is 5.82 Å². The van der Waals surface area contributed by atoms with E-state index in [9.17, 15) is 0 Å². The van der Waals surface area contributed by atoms with Crippen molar-refractivity contribution in [2.24, 2.45) is 7.05 Å². The molecule has 2 aromatic heterocycles. The topological polar surface area (TPSA) is 59.7 Å². The largest absolute Gasteiger partial charge is 0.344 e. The minimum absolute atomic E-state index is 0.629. The molecule has 8 heteroatoms. The van der Waals surface area contributed by atoms with E-state index in [1.54, 1.807) is 16.0 Å². The van der Waals surface area contributed by atoms with E-state index in [1.165, 1.54) is 4.70 Å². The summed E-state index contributed by atoms with van der Waals surface area (Å²) in [5.74, 6) is 0.808. The van der Waals surface area contributed by atoms with Gasteiger partial charge in [0.1, 0.15) is 0 Å². The molecule has 19 heavy (non-hydrogen) atoms. The van der Waals surface area contributed by atoms with E-state index in [1.807, 2.05) is 31.1 Å². The Morgan fingerprint density at radius 2 is 2.26 bits per heavy atom. The van der Waals surface area contributed by atoms with Gasteiger partial charge >= 0.3 is 0 Å². The summed E-state index contributed by atoms with van der Waals surface area (Å²) >= 11 is 5.12. The van der Waals surface area contributed by atoms with Crippen molar-refractivity contribution >= 4 is 42.6 Å². The van der Waals surface area contributed by atoms with Crippen LogP contribution in [0.5, 0.6) is 0 Å². The Labute approximate surface area is 122 Å². The fourth-order valence-electron chi connectivity index (χ4n) is 1.71. The molecular formula is C11H11BrN6S. The van der Waals surface area contributed by atoms with Gasteiger partial charge in [-0.2, -0.15) is 0 Å². The summed E-state index contributed by atoms with van der Waals surface area (Å²) in [6.45, 7) is 0.629. The molecule has 3 aromatic rings. The van der Waals surface area contributed by atoms with Crippen molar-refractivity contribution in [3.8, 4) is 0 Å². The van der Waals surface area contributed by atoms with Crippen LogP contribution in [0.3, 0.4) is 0 Å². The molecule has 6 nitrogen and oxygen atoms in total. The van der Waals surface area contributed by atoms with E-state index < -0.39 is 0 Å². The second-order valence-corrected chi connectivity index (χ2v) is 6.11. The average molecular weight is 339 g/mol. The van der Waals surface area contributed by atoms with Crippen LogP contribution in [-0.2, 0) is 13.6 Å². The van der Waals surface area contributed by atoms with Crippen molar-refractivity contribution in [2.45, 2.75) is 6.54 Å². The molecule has 0 amide bonds. The normalized spacial score (nSPS) is 11.1. The highest BCUT2D eigenvalue weighted by atomic mass is 79.9. The van der Waals surface area contributed by atoms with Gasteiger partial charge in [0.25, 0.3) is 0 Å². The first-order chi connectivity index (χ1) is 9.13. The summed E-state index contributed by atoms with van der Waals surface area (Å²) in [5.41, 5.74) is 0.998. The highest BCUT2D eigenvalue weighted by Crippen LogP contribution is 2.30. The summed E-state index contributed by atoms with van der Waals surface area (Å²) in [5, 5.41) is 12.4. The van der Waals surface area contributed by atoms with E-state index in [4.69, 9.17) is 0 Å². The zero-order valence-electron chi connectivity index (χ0n) is 10.4. The molecule has 0 bridgehead atoms. The Balaban J connectivity index is 1.89. The third kappa shape index (κ3) is 2.45. The molecule has 0 aliphatic heterocycles. The number of nitrogens with zero attached hydrogens (tertiary/aromatic N) is 6. The quantitative estimate of drug-likeness (QED) is 0.732. The third-order valence-corrected chi connectivity index (χ3v) is 4.40. The van der Waals surface area contributed by atoms with Crippen LogP contribution < -0.4 is 4.90 Å². The van der Waals surface area contributed by atoms with Gasteiger partial charge in [-0.1, -0.05) is 27.3 Å². The van der Waals surface area contributed by atoms with Crippen molar-refractivity contribution in [3.63, 3.8) is 0 Å². The number of anilines is 1. The Hall–Kier alpha value is -1.54. The van der Waals surface area contributed by atoms with E-state index >= 15 is 0 Å². The Morgan fingerprint density at radius 3 is 3.00 bits per heavy atom. The standard InChI is InChI=1S/C11H11BrN6S/c1-17(6-10-14-15-16-18(10)2)11-13-8-5-7(12)3-4-9(8)19-11/h3-5H,6H2,1-2H3. The van der Waals surface area contributed by atoms with E-state index in [0.717, 1.165) is 20.9 Å². The fourth-order valence-corrected chi connectivity index (χ4v) is 2.97. The van der Waals surface area contributed by atoms with Gasteiger partial charge in [-0.05, 0) is 28.6 Å². The van der Waals surface area contributed by atoms with Crippen molar-refractivity contribution in [3.05, 3.63) is 28.5 Å². The van der Waals surface area contributed by atoms with Gasteiger partial charge in [-0.25, -0.2) is 9.67 Å². The van der Waals surface area contributed by atoms with E-state index in [0.29, 0.717) is 6.54 Å². The number of rotatable bonds is 3. The van der Waals surface area contributed by atoms with Crippen LogP contribution >= 0.6 is 27.3 Å². The molecule has 98 valence electrons. The zero-order valence-corrected chi connectivity index (χ0v) is 12.8. The van der Waals surface area contributed by atoms with Crippen LogP contribution in [0.4, 0.5) is 5.13 Å². The predicted octanol–water partition coefficient (Wildman–Crippen LogP) is 2.22. The number of hydrogen-bond donors (Lipinski definition) is 0. The van der Waals surface area contributed by atoms with Crippen LogP contribution in [0.15, 0.2) is 22.7 Å². The number of benzene rings is 1. The number of thiazole rings is 1. The average Bonchev–Trinajstić information content (AvgIpc) is 2.96. The molecule has 0 saturated heterocycles. The zero-order chi connectivity index (χ0) is 13.4. The lowest BCUT2D eigenvalue weighted by atomic mass is 10.3. The molecule has 0 fully saturated rings. The van der Waals surface area contributed by atoms with Crippen molar-refractivity contribution in [2.75, 3.05) is 11.9 Å². The molecule has 0 aliphatic rings. The van der Waals surface area contributed by atoms with E-state index in [2.05, 4.69) is 42.5 Å². The molecule has 0 atom stereocenters. The molecule has 0 N–H and O–H groups in total. The first-order valence-electron chi connectivity index (χ1n) is 5.62. The summed E-state index contributed by atoms with van der Waals surface area (Å²) in [4.78, 5) is 6.67. The summed E-state index contributed by atoms with van der Waals surface area (Å²) in [6.07, 6.45) is 0. The lowest BCUT2D eigenvalue weighted by Gasteiger charge is -2.13. The predicted molar refractivity (Wildman–Crippen MR) is 78.2 cm³/mol. The minimum atomic E-state index is 0.629. The lowest BCUT2D eigenvalue weighted by molar-refractivity contribution is 0.669. The number of aryl methyl sites for hydroxylation is 1. The number of hydrogen-bond acceptors (Lipinski definition) is 6. The van der Waals surface area contributed by atoms with Crippen molar-refractivity contribution < 1.29 is 0 Å². The Bertz CT molecular complexity index is 721. The highest BCUT2D eigenvalue weighted by Gasteiger charge is 2.12. The van der Waals surface area contributed by atoms with Gasteiger partial charge in [0.05, 0.1) is 16.8 Å². The lowest BCUT2D eigenvalue weighted by Crippen LogP contribution is -2.19. The Morgan fingerprint density at radius 1 is 1.42 bits per heavy atom. The van der Waals surface area contributed by atoms with Crippen LogP contribution in [0.25, 0.3) is 10.2 Å². The van der Waals surface area contributed by atoms with Crippen LogP contribution in [0, 0.1) is 0 Å². The maximum atomic E-state index is 4.62. The number of aromatic nitrogens is 5. The molecule has 0 aliphatic carbocycles. The first kappa shape index (κ1) is 12.5. The summed E-state index contributed by atoms with van der Waals surface area (Å²) < 4.78 is 3.87. The van der Waals surface area contributed by atoms with Crippen molar-refractivity contribution in [1.29, 1.82) is 0 Å². The smallest absolute Gasteiger partial charge is 0.186 e. The van der Waals surface area contributed by atoms with Crippen LogP contribution in [0.2, 0.25) is 0 Å². The third-order valence-electron chi connectivity index (χ3n) is 2.75. The summed E-state index contributed by atoms with van der Waals surface area (Å²) in [7, 11) is 3.82. The summed E-state index contributed by atoms with van der Waals surface area (Å²) in [6, 6.07) is 6.11. The molecular weight excluding hydrogens is 328 g/mol. The highest BCUT2D eigenvalue weighted by molar-refractivity contribution is 9.10. The van der Waals surface area contributed by atoms with Gasteiger partial charge in [0, 0.05) is 18.6 Å². The van der Waals surface area contributed by atoms with Gasteiger partial charge in [0.15, 0.2) is 11.0 Å². The molecule has 3 rings (SSSR count). The fraction of sp³-hybridized carbons (Fsp3) is 0.273. The van der Waals surface area contributed by atoms with E-state index in [-0.39, 0.29) is 0 Å². The van der Waals surface area contributed by atoms with Crippen molar-refractivity contribution in [1.82, 2.24) is 25.2 Å². The SMILES string of the molecule is CN(Cc1nnnn1C)c1nc2cc(Br)ccc2s1. The maximum Gasteiger partial charge on any atom is 0.186 e.